The minimum absolute atomic E-state index is 0.0763. The van der Waals surface area contributed by atoms with Gasteiger partial charge in [0.2, 0.25) is 5.91 Å². The number of hydrogen-bond donors (Lipinski definition) is 1. The van der Waals surface area contributed by atoms with Gasteiger partial charge >= 0.3 is 6.03 Å². The van der Waals surface area contributed by atoms with Gasteiger partial charge < -0.3 is 15.0 Å². The second kappa shape index (κ2) is 8.64. The number of nitrogens with one attached hydrogen (secondary N) is 1. The Morgan fingerprint density at radius 1 is 1.19 bits per heavy atom. The van der Waals surface area contributed by atoms with Crippen LogP contribution in [-0.4, -0.2) is 62.7 Å². The molecule has 0 radical (unpaired) electrons. The molecule has 2 aliphatic rings. The maximum absolute atomic E-state index is 12.9. The number of fused-ring (bicyclic) bond motifs is 1. The van der Waals surface area contributed by atoms with E-state index in [2.05, 4.69) is 5.32 Å². The van der Waals surface area contributed by atoms with Crippen LogP contribution >= 0.6 is 0 Å². The molecular formula is C23H29N5O4. The van der Waals surface area contributed by atoms with Crippen molar-refractivity contribution in [3.63, 3.8) is 0 Å². The third kappa shape index (κ3) is 4.32. The first-order valence-electron chi connectivity index (χ1n) is 11.0. The number of amides is 4. The van der Waals surface area contributed by atoms with Gasteiger partial charge in [-0.15, -0.1) is 0 Å². The number of benzene rings is 1. The second-order valence-corrected chi connectivity index (χ2v) is 8.63. The van der Waals surface area contributed by atoms with E-state index >= 15 is 0 Å². The Bertz CT molecular complexity index is 1030. The van der Waals surface area contributed by atoms with Crippen LogP contribution < -0.4 is 10.1 Å². The molecule has 0 atom stereocenters. The lowest BCUT2D eigenvalue weighted by atomic mass is 10.1. The van der Waals surface area contributed by atoms with E-state index in [0.717, 1.165) is 40.6 Å². The molecule has 1 aromatic carbocycles. The Morgan fingerprint density at radius 2 is 1.94 bits per heavy atom. The SMILES string of the molecule is CCOc1ccc(-c2cc3n(n2)CCCN(C(=O)CCN2C(=O)NC(C)(C)C2=O)C3)cc1. The fraction of sp³-hybridized carbons (Fsp3) is 0.478. The smallest absolute Gasteiger partial charge is 0.325 e. The van der Waals surface area contributed by atoms with Crippen LogP contribution in [0.4, 0.5) is 4.79 Å². The quantitative estimate of drug-likeness (QED) is 0.697. The number of ether oxygens (including phenoxy) is 1. The van der Waals surface area contributed by atoms with Gasteiger partial charge in [0.05, 0.1) is 24.5 Å². The number of urea groups is 1. The zero-order valence-electron chi connectivity index (χ0n) is 18.8. The monoisotopic (exact) mass is 439 g/mol. The highest BCUT2D eigenvalue weighted by atomic mass is 16.5. The molecule has 2 aromatic rings. The third-order valence-electron chi connectivity index (χ3n) is 5.82. The fourth-order valence-electron chi connectivity index (χ4n) is 4.09. The van der Waals surface area contributed by atoms with E-state index in [0.29, 0.717) is 19.7 Å². The van der Waals surface area contributed by atoms with Crippen molar-refractivity contribution in [1.29, 1.82) is 0 Å². The van der Waals surface area contributed by atoms with Crippen molar-refractivity contribution in [3.05, 3.63) is 36.0 Å². The van der Waals surface area contributed by atoms with Gasteiger partial charge in [0.1, 0.15) is 11.3 Å². The molecule has 2 aliphatic heterocycles. The molecule has 1 fully saturated rings. The summed E-state index contributed by atoms with van der Waals surface area (Å²) in [4.78, 5) is 40.2. The number of nitrogens with zero attached hydrogens (tertiary/aromatic N) is 4. The summed E-state index contributed by atoms with van der Waals surface area (Å²) in [6, 6.07) is 9.39. The molecule has 0 unspecified atom stereocenters. The Kier molecular flexibility index (Phi) is 5.90. The Labute approximate surface area is 187 Å². The molecular weight excluding hydrogens is 410 g/mol. The highest BCUT2D eigenvalue weighted by Crippen LogP contribution is 2.25. The Hall–Kier alpha value is -3.36. The van der Waals surface area contributed by atoms with Crippen molar-refractivity contribution in [2.24, 2.45) is 0 Å². The molecule has 0 spiro atoms. The van der Waals surface area contributed by atoms with Crippen molar-refractivity contribution in [3.8, 4) is 17.0 Å². The standard InChI is InChI=1S/C23H29N5O4/c1-4-32-18-8-6-16(7-9-18)19-14-17-15-26(11-5-12-28(17)25-19)20(29)10-13-27-21(30)23(2,3)24-22(27)31/h6-9,14H,4-5,10-13,15H2,1-3H3,(H,24,31). The first kappa shape index (κ1) is 21.9. The molecule has 0 bridgehead atoms. The van der Waals surface area contributed by atoms with E-state index in [1.807, 2.05) is 41.9 Å². The molecule has 9 nitrogen and oxygen atoms in total. The molecule has 32 heavy (non-hydrogen) atoms. The van der Waals surface area contributed by atoms with Gasteiger partial charge in [-0.1, -0.05) is 0 Å². The number of rotatable bonds is 6. The van der Waals surface area contributed by atoms with Crippen molar-refractivity contribution in [1.82, 2.24) is 24.9 Å². The molecule has 9 heteroatoms. The summed E-state index contributed by atoms with van der Waals surface area (Å²) in [6.07, 6.45) is 0.897. The van der Waals surface area contributed by atoms with Crippen LogP contribution in [0.2, 0.25) is 0 Å². The average Bonchev–Trinajstić information content (AvgIpc) is 3.15. The van der Waals surface area contributed by atoms with E-state index in [1.165, 1.54) is 0 Å². The van der Waals surface area contributed by atoms with Gasteiger partial charge in [0.15, 0.2) is 0 Å². The predicted molar refractivity (Wildman–Crippen MR) is 118 cm³/mol. The number of carbonyl (C=O) groups excluding carboxylic acids is 3. The lowest BCUT2D eigenvalue weighted by molar-refractivity contribution is -0.133. The normalized spacial score (nSPS) is 17.7. The van der Waals surface area contributed by atoms with Crippen molar-refractivity contribution >= 4 is 17.8 Å². The summed E-state index contributed by atoms with van der Waals surface area (Å²) in [6.45, 7) is 7.78. The topological polar surface area (TPSA) is 96.8 Å². The van der Waals surface area contributed by atoms with E-state index in [-0.39, 0.29) is 24.8 Å². The minimum atomic E-state index is -0.924. The summed E-state index contributed by atoms with van der Waals surface area (Å²) in [5, 5.41) is 7.37. The summed E-state index contributed by atoms with van der Waals surface area (Å²) >= 11 is 0. The summed E-state index contributed by atoms with van der Waals surface area (Å²) < 4.78 is 7.46. The first-order valence-corrected chi connectivity index (χ1v) is 11.0. The predicted octanol–water partition coefficient (Wildman–Crippen LogP) is 2.40. The molecule has 0 aliphatic carbocycles. The van der Waals surface area contributed by atoms with E-state index in [4.69, 9.17) is 9.84 Å². The first-order chi connectivity index (χ1) is 15.3. The lowest BCUT2D eigenvalue weighted by Crippen LogP contribution is -2.41. The maximum Gasteiger partial charge on any atom is 0.325 e. The molecule has 0 saturated carbocycles. The molecule has 4 rings (SSSR count). The third-order valence-corrected chi connectivity index (χ3v) is 5.82. The van der Waals surface area contributed by atoms with Crippen LogP contribution in [-0.2, 0) is 22.7 Å². The zero-order valence-corrected chi connectivity index (χ0v) is 18.8. The number of aromatic nitrogens is 2. The molecule has 3 heterocycles. The van der Waals surface area contributed by atoms with Crippen LogP contribution in [0.25, 0.3) is 11.3 Å². The highest BCUT2D eigenvalue weighted by molar-refractivity contribution is 6.06. The molecule has 4 amide bonds. The number of imide groups is 1. The van der Waals surface area contributed by atoms with Crippen LogP contribution in [0.3, 0.4) is 0 Å². The fourth-order valence-corrected chi connectivity index (χ4v) is 4.09. The Balaban J connectivity index is 1.41. The van der Waals surface area contributed by atoms with Gasteiger partial charge in [-0.3, -0.25) is 19.2 Å². The van der Waals surface area contributed by atoms with Gasteiger partial charge in [0.25, 0.3) is 5.91 Å². The Morgan fingerprint density at radius 3 is 2.59 bits per heavy atom. The van der Waals surface area contributed by atoms with E-state index in [1.54, 1.807) is 18.7 Å². The second-order valence-electron chi connectivity index (χ2n) is 8.63. The largest absolute Gasteiger partial charge is 0.494 e. The van der Waals surface area contributed by atoms with Gasteiger partial charge in [-0.2, -0.15) is 5.10 Å². The molecule has 1 N–H and O–H groups in total. The number of hydrogen-bond acceptors (Lipinski definition) is 5. The molecule has 170 valence electrons. The van der Waals surface area contributed by atoms with Crippen LogP contribution in [0.15, 0.2) is 30.3 Å². The molecule has 1 saturated heterocycles. The zero-order chi connectivity index (χ0) is 22.9. The van der Waals surface area contributed by atoms with Crippen LogP contribution in [0.1, 0.15) is 39.3 Å². The van der Waals surface area contributed by atoms with Crippen molar-refractivity contribution in [2.75, 3.05) is 19.7 Å². The average molecular weight is 440 g/mol. The maximum atomic E-state index is 12.9. The lowest BCUT2D eigenvalue weighted by Gasteiger charge is -2.21. The molecule has 1 aromatic heterocycles. The highest BCUT2D eigenvalue weighted by Gasteiger charge is 2.44. The van der Waals surface area contributed by atoms with Crippen molar-refractivity contribution < 1.29 is 19.1 Å². The van der Waals surface area contributed by atoms with E-state index < -0.39 is 11.6 Å². The summed E-state index contributed by atoms with van der Waals surface area (Å²) in [5.41, 5.74) is 1.90. The summed E-state index contributed by atoms with van der Waals surface area (Å²) in [7, 11) is 0. The number of aryl methyl sites for hydroxylation is 1. The summed E-state index contributed by atoms with van der Waals surface area (Å²) in [5.74, 6) is 0.444. The van der Waals surface area contributed by atoms with Gasteiger partial charge in [0, 0.05) is 31.6 Å². The van der Waals surface area contributed by atoms with Gasteiger partial charge in [-0.05, 0) is 57.5 Å². The van der Waals surface area contributed by atoms with Crippen LogP contribution in [0.5, 0.6) is 5.75 Å². The van der Waals surface area contributed by atoms with Crippen LogP contribution in [0, 0.1) is 0 Å². The van der Waals surface area contributed by atoms with E-state index in [9.17, 15) is 14.4 Å². The van der Waals surface area contributed by atoms with Crippen molar-refractivity contribution in [2.45, 2.75) is 52.2 Å². The number of carbonyl (C=O) groups is 3. The van der Waals surface area contributed by atoms with Gasteiger partial charge in [-0.25, -0.2) is 4.79 Å². The minimum Gasteiger partial charge on any atom is -0.494 e.